The Kier molecular flexibility index (Phi) is 9.74. The van der Waals surface area contributed by atoms with Crippen LogP contribution in [0.1, 0.15) is 68.2 Å². The number of hydrogen-bond acceptors (Lipinski definition) is 3. The predicted octanol–water partition coefficient (Wildman–Crippen LogP) is 4.29. The number of carbonyl (C=O) groups excluding carboxylic acids is 1. The summed E-state index contributed by atoms with van der Waals surface area (Å²) in [6.07, 6.45) is 2.13. The first-order chi connectivity index (χ1) is 10.0. The zero-order chi connectivity index (χ0) is 17.3. The van der Waals surface area contributed by atoms with Crippen molar-refractivity contribution < 1.29 is 9.53 Å². The van der Waals surface area contributed by atoms with Gasteiger partial charge in [0.1, 0.15) is 5.60 Å². The number of carbonyl (C=O) groups is 1. The summed E-state index contributed by atoms with van der Waals surface area (Å²) in [5.74, 6) is 1.37. The molecule has 0 radical (unpaired) electrons. The van der Waals surface area contributed by atoms with Gasteiger partial charge in [0.15, 0.2) is 0 Å². The average Bonchev–Trinajstić information content (AvgIpc) is 2.30. The highest BCUT2D eigenvalue weighted by atomic mass is 16.6. The Labute approximate surface area is 138 Å². The van der Waals surface area contributed by atoms with Crippen molar-refractivity contribution in [2.45, 2.75) is 79.9 Å². The van der Waals surface area contributed by atoms with Crippen molar-refractivity contribution in [2.24, 2.45) is 11.8 Å². The number of likely N-dealkylation sites (N-methyl/N-ethyl adjacent to an activating group) is 1. The Morgan fingerprint density at radius 3 is 1.95 bits per heavy atom. The normalized spacial score (nSPS) is 12.3. The molecule has 1 N–H and O–H groups in total. The van der Waals surface area contributed by atoms with Crippen molar-refractivity contribution in [1.82, 2.24) is 10.2 Å². The SMILES string of the molecule is CCN(CCNC(CC(C)C)CC(C)C)C(=O)OC(C)(C)C. The molecule has 0 aliphatic carbocycles. The van der Waals surface area contributed by atoms with Crippen molar-refractivity contribution in [3.8, 4) is 0 Å². The second-order valence-electron chi connectivity index (χ2n) is 7.97. The molecule has 132 valence electrons. The second-order valence-corrected chi connectivity index (χ2v) is 7.97. The van der Waals surface area contributed by atoms with Gasteiger partial charge < -0.3 is 15.0 Å². The zero-order valence-electron chi connectivity index (χ0n) is 16.0. The third-order valence-corrected chi connectivity index (χ3v) is 3.36. The maximum absolute atomic E-state index is 12.1. The fourth-order valence-corrected chi connectivity index (χ4v) is 2.51. The molecule has 0 aliphatic heterocycles. The molecule has 0 rings (SSSR count). The number of nitrogens with zero attached hydrogens (tertiary/aromatic N) is 1. The lowest BCUT2D eigenvalue weighted by Gasteiger charge is -2.28. The minimum absolute atomic E-state index is 0.221. The summed E-state index contributed by atoms with van der Waals surface area (Å²) in [6.45, 7) is 18.9. The third kappa shape index (κ3) is 10.9. The van der Waals surface area contributed by atoms with E-state index in [1.165, 1.54) is 12.8 Å². The number of ether oxygens (including phenoxy) is 1. The van der Waals surface area contributed by atoms with Gasteiger partial charge in [-0.25, -0.2) is 4.79 Å². The van der Waals surface area contributed by atoms with Crippen LogP contribution in [0.15, 0.2) is 0 Å². The van der Waals surface area contributed by atoms with Crippen LogP contribution in [0.25, 0.3) is 0 Å². The van der Waals surface area contributed by atoms with E-state index in [0.29, 0.717) is 31.0 Å². The van der Waals surface area contributed by atoms with Gasteiger partial charge in [-0.3, -0.25) is 0 Å². The van der Waals surface area contributed by atoms with Crippen LogP contribution in [0.2, 0.25) is 0 Å². The van der Waals surface area contributed by atoms with Crippen LogP contribution in [-0.2, 0) is 4.74 Å². The minimum atomic E-state index is -0.435. The van der Waals surface area contributed by atoms with Crippen molar-refractivity contribution >= 4 is 6.09 Å². The summed E-state index contributed by atoms with van der Waals surface area (Å²) in [6, 6.07) is 0.525. The average molecular weight is 315 g/mol. The largest absolute Gasteiger partial charge is 0.444 e. The van der Waals surface area contributed by atoms with Gasteiger partial charge >= 0.3 is 6.09 Å². The van der Waals surface area contributed by atoms with Crippen LogP contribution in [0.4, 0.5) is 4.79 Å². The lowest BCUT2D eigenvalue weighted by molar-refractivity contribution is 0.0260. The third-order valence-electron chi connectivity index (χ3n) is 3.36. The highest BCUT2D eigenvalue weighted by molar-refractivity contribution is 5.68. The molecular weight excluding hydrogens is 276 g/mol. The van der Waals surface area contributed by atoms with Crippen molar-refractivity contribution in [3.63, 3.8) is 0 Å². The first-order valence-corrected chi connectivity index (χ1v) is 8.76. The van der Waals surface area contributed by atoms with E-state index in [2.05, 4.69) is 33.0 Å². The smallest absolute Gasteiger partial charge is 0.410 e. The van der Waals surface area contributed by atoms with E-state index in [1.807, 2.05) is 27.7 Å². The van der Waals surface area contributed by atoms with Crippen LogP contribution in [0.5, 0.6) is 0 Å². The highest BCUT2D eigenvalue weighted by Gasteiger charge is 2.21. The summed E-state index contributed by atoms with van der Waals surface area (Å²) >= 11 is 0. The molecule has 22 heavy (non-hydrogen) atoms. The van der Waals surface area contributed by atoms with Gasteiger partial charge in [-0.2, -0.15) is 0 Å². The molecule has 0 bridgehead atoms. The Bertz CT molecular complexity index is 299. The molecule has 0 saturated heterocycles. The number of nitrogens with one attached hydrogen (secondary N) is 1. The fourth-order valence-electron chi connectivity index (χ4n) is 2.51. The highest BCUT2D eigenvalue weighted by Crippen LogP contribution is 2.13. The number of hydrogen-bond donors (Lipinski definition) is 1. The van der Waals surface area contributed by atoms with Crippen molar-refractivity contribution in [3.05, 3.63) is 0 Å². The van der Waals surface area contributed by atoms with Crippen LogP contribution >= 0.6 is 0 Å². The van der Waals surface area contributed by atoms with Gasteiger partial charge in [0.25, 0.3) is 0 Å². The van der Waals surface area contributed by atoms with Gasteiger partial charge in [-0.15, -0.1) is 0 Å². The lowest BCUT2D eigenvalue weighted by atomic mass is 9.95. The van der Waals surface area contributed by atoms with Crippen molar-refractivity contribution in [2.75, 3.05) is 19.6 Å². The molecule has 0 spiro atoms. The molecule has 0 aliphatic rings. The molecule has 0 aromatic rings. The standard InChI is InChI=1S/C18H38N2O2/c1-9-20(17(21)22-18(6,7)8)11-10-19-16(12-14(2)3)13-15(4)5/h14-16,19H,9-13H2,1-8H3. The summed E-state index contributed by atoms with van der Waals surface area (Å²) in [5.41, 5.74) is -0.435. The maximum atomic E-state index is 12.1. The summed E-state index contributed by atoms with van der Waals surface area (Å²) < 4.78 is 5.44. The molecule has 0 fully saturated rings. The van der Waals surface area contributed by atoms with E-state index in [0.717, 1.165) is 6.54 Å². The quantitative estimate of drug-likeness (QED) is 0.690. The number of amides is 1. The van der Waals surface area contributed by atoms with E-state index in [1.54, 1.807) is 4.90 Å². The Morgan fingerprint density at radius 1 is 1.09 bits per heavy atom. The van der Waals surface area contributed by atoms with Crippen LogP contribution in [0, 0.1) is 11.8 Å². The number of rotatable bonds is 9. The Balaban J connectivity index is 4.32. The molecule has 0 atom stereocenters. The van der Waals surface area contributed by atoms with E-state index in [9.17, 15) is 4.79 Å². The fraction of sp³-hybridized carbons (Fsp3) is 0.944. The Morgan fingerprint density at radius 2 is 1.59 bits per heavy atom. The molecular formula is C18H38N2O2. The van der Waals surface area contributed by atoms with Gasteiger partial charge in [0.05, 0.1) is 0 Å². The maximum Gasteiger partial charge on any atom is 0.410 e. The van der Waals surface area contributed by atoms with Gasteiger partial charge in [-0.05, 0) is 52.4 Å². The van der Waals surface area contributed by atoms with Crippen LogP contribution in [-0.4, -0.2) is 42.3 Å². The Hall–Kier alpha value is -0.770. The zero-order valence-corrected chi connectivity index (χ0v) is 16.0. The van der Waals surface area contributed by atoms with Gasteiger partial charge in [0.2, 0.25) is 0 Å². The molecule has 4 heteroatoms. The molecule has 0 aromatic carbocycles. The molecule has 1 amide bonds. The second kappa shape index (κ2) is 10.1. The van der Waals surface area contributed by atoms with E-state index in [4.69, 9.17) is 4.74 Å². The molecule has 4 nitrogen and oxygen atoms in total. The van der Waals surface area contributed by atoms with Gasteiger partial charge in [0, 0.05) is 25.7 Å². The molecule has 0 heterocycles. The lowest BCUT2D eigenvalue weighted by Crippen LogP contribution is -2.42. The van der Waals surface area contributed by atoms with Crippen LogP contribution < -0.4 is 5.32 Å². The van der Waals surface area contributed by atoms with E-state index < -0.39 is 5.60 Å². The first-order valence-electron chi connectivity index (χ1n) is 8.76. The summed E-state index contributed by atoms with van der Waals surface area (Å²) in [7, 11) is 0. The molecule has 0 saturated carbocycles. The van der Waals surface area contributed by atoms with Crippen LogP contribution in [0.3, 0.4) is 0 Å². The summed E-state index contributed by atoms with van der Waals surface area (Å²) in [5, 5.41) is 3.62. The van der Waals surface area contributed by atoms with Crippen molar-refractivity contribution in [1.29, 1.82) is 0 Å². The molecule has 0 aromatic heterocycles. The monoisotopic (exact) mass is 314 g/mol. The topological polar surface area (TPSA) is 41.6 Å². The van der Waals surface area contributed by atoms with E-state index in [-0.39, 0.29) is 6.09 Å². The van der Waals surface area contributed by atoms with Gasteiger partial charge in [-0.1, -0.05) is 27.7 Å². The summed E-state index contributed by atoms with van der Waals surface area (Å²) in [4.78, 5) is 13.9. The molecule has 0 unspecified atom stereocenters. The first kappa shape index (κ1) is 21.2. The van der Waals surface area contributed by atoms with E-state index >= 15 is 0 Å². The predicted molar refractivity (Wildman–Crippen MR) is 94.2 cm³/mol. The minimum Gasteiger partial charge on any atom is -0.444 e.